The summed E-state index contributed by atoms with van der Waals surface area (Å²) in [4.78, 5) is 10.8. The molecule has 1 aromatic rings. The number of ether oxygens (including phenoxy) is 1. The molecule has 4 nitrogen and oxygen atoms in total. The molecule has 0 saturated heterocycles. The molecule has 1 aliphatic heterocycles. The fourth-order valence-corrected chi connectivity index (χ4v) is 1.53. The van der Waals surface area contributed by atoms with E-state index in [-0.39, 0.29) is 23.5 Å². The maximum atomic E-state index is 13.1. The SMILES string of the molecule is N[C@H]1COc2c(F)ccc(C(=O)O)c21. The topological polar surface area (TPSA) is 72.5 Å². The Morgan fingerprint density at radius 1 is 1.64 bits per heavy atom. The van der Waals surface area contributed by atoms with E-state index < -0.39 is 17.8 Å². The van der Waals surface area contributed by atoms with Crippen molar-refractivity contribution in [3.8, 4) is 5.75 Å². The van der Waals surface area contributed by atoms with E-state index in [1.165, 1.54) is 6.07 Å². The fraction of sp³-hybridized carbons (Fsp3) is 0.222. The minimum atomic E-state index is -1.12. The molecule has 0 aromatic heterocycles. The smallest absolute Gasteiger partial charge is 0.336 e. The van der Waals surface area contributed by atoms with Gasteiger partial charge in [0.1, 0.15) is 6.61 Å². The van der Waals surface area contributed by atoms with Gasteiger partial charge in [0.2, 0.25) is 0 Å². The van der Waals surface area contributed by atoms with Crippen molar-refractivity contribution < 1.29 is 19.0 Å². The Hall–Kier alpha value is -1.62. The van der Waals surface area contributed by atoms with Crippen molar-refractivity contribution in [2.45, 2.75) is 6.04 Å². The maximum Gasteiger partial charge on any atom is 0.336 e. The van der Waals surface area contributed by atoms with Gasteiger partial charge < -0.3 is 15.6 Å². The second-order valence-electron chi connectivity index (χ2n) is 3.06. The molecule has 2 rings (SSSR count). The lowest BCUT2D eigenvalue weighted by molar-refractivity contribution is 0.0695. The van der Waals surface area contributed by atoms with Crippen LogP contribution in [0.5, 0.6) is 5.75 Å². The Labute approximate surface area is 79.1 Å². The monoisotopic (exact) mass is 197 g/mol. The molecule has 0 fully saturated rings. The quantitative estimate of drug-likeness (QED) is 0.702. The number of rotatable bonds is 1. The summed E-state index contributed by atoms with van der Waals surface area (Å²) in [7, 11) is 0. The summed E-state index contributed by atoms with van der Waals surface area (Å²) in [6.07, 6.45) is 0. The number of carbonyl (C=O) groups is 1. The molecular weight excluding hydrogens is 189 g/mol. The van der Waals surface area contributed by atoms with Crippen LogP contribution in [-0.4, -0.2) is 17.7 Å². The Kier molecular flexibility index (Phi) is 1.89. The number of benzene rings is 1. The first-order valence-corrected chi connectivity index (χ1v) is 4.05. The van der Waals surface area contributed by atoms with Crippen molar-refractivity contribution >= 4 is 5.97 Å². The highest BCUT2D eigenvalue weighted by molar-refractivity contribution is 5.90. The average Bonchev–Trinajstić information content (AvgIpc) is 2.50. The molecule has 0 amide bonds. The van der Waals surface area contributed by atoms with Crippen molar-refractivity contribution in [1.29, 1.82) is 0 Å². The number of halogens is 1. The lowest BCUT2D eigenvalue weighted by Gasteiger charge is -2.05. The first-order chi connectivity index (χ1) is 6.61. The molecule has 0 aliphatic carbocycles. The second kappa shape index (κ2) is 2.95. The van der Waals surface area contributed by atoms with Crippen LogP contribution in [0.25, 0.3) is 0 Å². The van der Waals surface area contributed by atoms with Gasteiger partial charge in [0.05, 0.1) is 11.6 Å². The number of aromatic carboxylic acids is 1. The first-order valence-electron chi connectivity index (χ1n) is 4.05. The molecule has 0 saturated carbocycles. The summed E-state index contributed by atoms with van der Waals surface area (Å²) in [5.41, 5.74) is 5.85. The van der Waals surface area contributed by atoms with Crippen LogP contribution in [0.2, 0.25) is 0 Å². The van der Waals surface area contributed by atoms with Crippen LogP contribution in [0.4, 0.5) is 4.39 Å². The molecule has 1 heterocycles. The average molecular weight is 197 g/mol. The van der Waals surface area contributed by atoms with E-state index in [1.807, 2.05) is 0 Å². The van der Waals surface area contributed by atoms with Crippen LogP contribution < -0.4 is 10.5 Å². The number of hydrogen-bond acceptors (Lipinski definition) is 3. The Morgan fingerprint density at radius 2 is 2.36 bits per heavy atom. The number of fused-ring (bicyclic) bond motifs is 1. The van der Waals surface area contributed by atoms with Gasteiger partial charge in [-0.2, -0.15) is 0 Å². The normalized spacial score (nSPS) is 18.9. The van der Waals surface area contributed by atoms with Crippen molar-refractivity contribution in [3.63, 3.8) is 0 Å². The van der Waals surface area contributed by atoms with Gasteiger partial charge in [0.25, 0.3) is 0 Å². The summed E-state index contributed by atoms with van der Waals surface area (Å²) in [5.74, 6) is -1.72. The van der Waals surface area contributed by atoms with Crippen LogP contribution >= 0.6 is 0 Å². The number of carboxylic acids is 1. The van der Waals surface area contributed by atoms with Gasteiger partial charge in [-0.05, 0) is 12.1 Å². The van der Waals surface area contributed by atoms with Crippen LogP contribution in [0.1, 0.15) is 22.0 Å². The van der Waals surface area contributed by atoms with Crippen LogP contribution in [0.3, 0.4) is 0 Å². The van der Waals surface area contributed by atoms with E-state index in [4.69, 9.17) is 15.6 Å². The van der Waals surface area contributed by atoms with Gasteiger partial charge in [0, 0.05) is 5.56 Å². The summed E-state index contributed by atoms with van der Waals surface area (Å²) in [5, 5.41) is 8.82. The van der Waals surface area contributed by atoms with Crippen LogP contribution in [-0.2, 0) is 0 Å². The molecule has 74 valence electrons. The maximum absolute atomic E-state index is 13.1. The van der Waals surface area contributed by atoms with Gasteiger partial charge in [-0.25, -0.2) is 9.18 Å². The van der Waals surface area contributed by atoms with Gasteiger partial charge in [-0.15, -0.1) is 0 Å². The van der Waals surface area contributed by atoms with E-state index >= 15 is 0 Å². The zero-order valence-corrected chi connectivity index (χ0v) is 7.16. The zero-order chi connectivity index (χ0) is 10.3. The molecule has 0 unspecified atom stereocenters. The van der Waals surface area contributed by atoms with Crippen molar-refractivity contribution in [2.24, 2.45) is 5.73 Å². The van der Waals surface area contributed by atoms with Crippen LogP contribution in [0, 0.1) is 5.82 Å². The molecule has 14 heavy (non-hydrogen) atoms. The highest BCUT2D eigenvalue weighted by atomic mass is 19.1. The van der Waals surface area contributed by atoms with Crippen molar-refractivity contribution in [2.75, 3.05) is 6.61 Å². The van der Waals surface area contributed by atoms with Gasteiger partial charge in [-0.3, -0.25) is 0 Å². The van der Waals surface area contributed by atoms with Crippen molar-refractivity contribution in [3.05, 3.63) is 29.1 Å². The molecule has 0 spiro atoms. The van der Waals surface area contributed by atoms with E-state index in [0.717, 1.165) is 6.07 Å². The van der Waals surface area contributed by atoms with Crippen molar-refractivity contribution in [1.82, 2.24) is 0 Å². The van der Waals surface area contributed by atoms with Crippen LogP contribution in [0.15, 0.2) is 12.1 Å². The van der Waals surface area contributed by atoms with E-state index in [1.54, 1.807) is 0 Å². The Morgan fingerprint density at radius 3 is 3.00 bits per heavy atom. The first kappa shape index (κ1) is 8.96. The second-order valence-corrected chi connectivity index (χ2v) is 3.06. The number of carboxylic acid groups (broad SMARTS) is 1. The Bertz CT molecular complexity index is 405. The number of hydrogen-bond donors (Lipinski definition) is 2. The fourth-order valence-electron chi connectivity index (χ4n) is 1.53. The molecule has 0 radical (unpaired) electrons. The molecule has 0 bridgehead atoms. The number of nitrogens with two attached hydrogens (primary N) is 1. The third-order valence-electron chi connectivity index (χ3n) is 2.16. The molecule has 1 aromatic carbocycles. The summed E-state index contributed by atoms with van der Waals surface area (Å²) in [6, 6.07) is 1.71. The predicted octanol–water partition coefficient (Wildman–Crippen LogP) is 0.916. The summed E-state index contributed by atoms with van der Waals surface area (Å²) >= 11 is 0. The van der Waals surface area contributed by atoms with Gasteiger partial charge in [-0.1, -0.05) is 0 Å². The highest BCUT2D eigenvalue weighted by Gasteiger charge is 2.29. The summed E-state index contributed by atoms with van der Waals surface area (Å²) < 4.78 is 18.1. The van der Waals surface area contributed by atoms with E-state index in [2.05, 4.69) is 0 Å². The minimum Gasteiger partial charge on any atom is -0.488 e. The van der Waals surface area contributed by atoms with E-state index in [9.17, 15) is 9.18 Å². The highest BCUT2D eigenvalue weighted by Crippen LogP contribution is 2.35. The molecule has 5 heteroatoms. The standard InChI is InChI=1S/C9H8FNO3/c10-5-2-1-4(9(12)13)7-6(11)3-14-8(5)7/h1-2,6H,3,11H2,(H,12,13)/t6-/m0/s1. The minimum absolute atomic E-state index is 0.00593. The molecule has 1 atom stereocenters. The molecule has 3 N–H and O–H groups in total. The third-order valence-corrected chi connectivity index (χ3v) is 2.16. The summed E-state index contributed by atoms with van der Waals surface area (Å²) in [6.45, 7) is 0.122. The predicted molar refractivity (Wildman–Crippen MR) is 45.8 cm³/mol. The molecular formula is C9H8FNO3. The van der Waals surface area contributed by atoms with E-state index in [0.29, 0.717) is 0 Å². The van der Waals surface area contributed by atoms with Gasteiger partial charge in [0.15, 0.2) is 11.6 Å². The lowest BCUT2D eigenvalue weighted by Crippen LogP contribution is -2.14. The lowest BCUT2D eigenvalue weighted by atomic mass is 10.0. The van der Waals surface area contributed by atoms with Gasteiger partial charge >= 0.3 is 5.97 Å². The third kappa shape index (κ3) is 1.13. The largest absolute Gasteiger partial charge is 0.488 e. The zero-order valence-electron chi connectivity index (χ0n) is 7.16. The molecule has 1 aliphatic rings. The Balaban J connectivity index is 2.66.